The van der Waals surface area contributed by atoms with E-state index in [2.05, 4.69) is 29.3 Å². The Balaban J connectivity index is 1.72. The third-order valence-electron chi connectivity index (χ3n) is 3.78. The Hall–Kier alpha value is -0.340. The van der Waals surface area contributed by atoms with Gasteiger partial charge in [0.1, 0.15) is 0 Å². The van der Waals surface area contributed by atoms with Gasteiger partial charge in [-0.15, -0.1) is 0 Å². The van der Waals surface area contributed by atoms with Crippen LogP contribution in [0.5, 0.6) is 0 Å². The Labute approximate surface area is 93.7 Å². The first-order chi connectivity index (χ1) is 7.40. The largest absolute Gasteiger partial charge is 0.309 e. The Morgan fingerprint density at radius 1 is 1.33 bits per heavy atom. The molecule has 0 aromatic carbocycles. The zero-order valence-corrected chi connectivity index (χ0v) is 9.91. The molecule has 1 heterocycles. The van der Waals surface area contributed by atoms with E-state index in [4.69, 9.17) is 0 Å². The van der Waals surface area contributed by atoms with E-state index in [-0.39, 0.29) is 0 Å². The number of likely N-dealkylation sites (tertiary alicyclic amines) is 1. The second kappa shape index (κ2) is 5.66. The third-order valence-corrected chi connectivity index (χ3v) is 3.78. The van der Waals surface area contributed by atoms with E-state index in [0.717, 1.165) is 6.04 Å². The van der Waals surface area contributed by atoms with Gasteiger partial charge in [-0.25, -0.2) is 0 Å². The molecule has 2 unspecified atom stereocenters. The molecule has 0 aromatic rings. The molecule has 0 spiro atoms. The molecule has 1 aliphatic carbocycles. The predicted molar refractivity (Wildman–Crippen MR) is 65.1 cm³/mol. The molecule has 0 amide bonds. The van der Waals surface area contributed by atoms with E-state index in [1.54, 1.807) is 0 Å². The third kappa shape index (κ3) is 3.05. The average molecular weight is 208 g/mol. The van der Waals surface area contributed by atoms with E-state index < -0.39 is 0 Å². The van der Waals surface area contributed by atoms with E-state index in [9.17, 15) is 0 Å². The fraction of sp³-hybridized carbons (Fsp3) is 0.846. The first-order valence-corrected chi connectivity index (χ1v) is 6.54. The zero-order valence-electron chi connectivity index (χ0n) is 9.91. The van der Waals surface area contributed by atoms with Crippen molar-refractivity contribution in [1.82, 2.24) is 10.2 Å². The van der Waals surface area contributed by atoms with Crippen molar-refractivity contribution >= 4 is 0 Å². The van der Waals surface area contributed by atoms with Crippen LogP contribution >= 0.6 is 0 Å². The van der Waals surface area contributed by atoms with Gasteiger partial charge in [-0.05, 0) is 45.2 Å². The first kappa shape index (κ1) is 11.2. The minimum Gasteiger partial charge on any atom is -0.309 e. The maximum absolute atomic E-state index is 3.70. The van der Waals surface area contributed by atoms with Crippen molar-refractivity contribution in [3.05, 3.63) is 12.2 Å². The smallest absolute Gasteiger partial charge is 0.0250 e. The zero-order chi connectivity index (χ0) is 10.5. The van der Waals surface area contributed by atoms with E-state index in [0.29, 0.717) is 6.04 Å². The predicted octanol–water partition coefficient (Wildman–Crippen LogP) is 2.17. The Morgan fingerprint density at radius 2 is 2.27 bits per heavy atom. The summed E-state index contributed by atoms with van der Waals surface area (Å²) in [5, 5.41) is 3.70. The van der Waals surface area contributed by atoms with Crippen molar-refractivity contribution in [2.75, 3.05) is 19.6 Å². The van der Waals surface area contributed by atoms with Crippen molar-refractivity contribution in [3.63, 3.8) is 0 Å². The van der Waals surface area contributed by atoms with Crippen molar-refractivity contribution < 1.29 is 0 Å². The lowest BCUT2D eigenvalue weighted by Crippen LogP contribution is -2.41. The van der Waals surface area contributed by atoms with Crippen molar-refractivity contribution in [3.8, 4) is 0 Å². The fourth-order valence-corrected chi connectivity index (χ4v) is 2.81. The summed E-state index contributed by atoms with van der Waals surface area (Å²) in [7, 11) is 0. The highest BCUT2D eigenvalue weighted by molar-refractivity contribution is 4.98. The summed E-state index contributed by atoms with van der Waals surface area (Å²) in [5.74, 6) is 0. The number of hydrogen-bond donors (Lipinski definition) is 1. The van der Waals surface area contributed by atoms with Gasteiger partial charge in [0, 0.05) is 18.6 Å². The number of likely N-dealkylation sites (N-methyl/N-ethyl adjacent to an activating group) is 1. The van der Waals surface area contributed by atoms with E-state index in [1.807, 2.05) is 0 Å². The van der Waals surface area contributed by atoms with Crippen LogP contribution in [0.25, 0.3) is 0 Å². The fourth-order valence-electron chi connectivity index (χ4n) is 2.81. The second-order valence-corrected chi connectivity index (χ2v) is 4.80. The maximum Gasteiger partial charge on any atom is 0.0250 e. The molecule has 2 aliphatic rings. The molecule has 2 atom stereocenters. The summed E-state index contributed by atoms with van der Waals surface area (Å²) in [4.78, 5) is 2.61. The van der Waals surface area contributed by atoms with Gasteiger partial charge in [0.15, 0.2) is 0 Å². The van der Waals surface area contributed by atoms with Crippen LogP contribution in [0.15, 0.2) is 12.2 Å². The second-order valence-electron chi connectivity index (χ2n) is 4.80. The van der Waals surface area contributed by atoms with Crippen LogP contribution in [0.3, 0.4) is 0 Å². The molecule has 0 saturated carbocycles. The lowest BCUT2D eigenvalue weighted by Gasteiger charge is -2.26. The molecule has 1 aliphatic heterocycles. The van der Waals surface area contributed by atoms with Crippen LogP contribution in [0, 0.1) is 0 Å². The summed E-state index contributed by atoms with van der Waals surface area (Å²) in [6.07, 6.45) is 11.4. The molecule has 2 nitrogen and oxygen atoms in total. The summed E-state index contributed by atoms with van der Waals surface area (Å²) in [6, 6.07) is 1.45. The van der Waals surface area contributed by atoms with Crippen molar-refractivity contribution in [1.29, 1.82) is 0 Å². The average Bonchev–Trinajstić information content (AvgIpc) is 2.75. The highest BCUT2D eigenvalue weighted by atomic mass is 15.2. The Kier molecular flexibility index (Phi) is 4.21. The summed E-state index contributed by atoms with van der Waals surface area (Å²) >= 11 is 0. The maximum atomic E-state index is 3.70. The molecule has 0 bridgehead atoms. The minimum absolute atomic E-state index is 0.651. The number of nitrogens with one attached hydrogen (secondary N) is 1. The normalized spacial score (nSPS) is 32.3. The Morgan fingerprint density at radius 3 is 3.00 bits per heavy atom. The summed E-state index contributed by atoms with van der Waals surface area (Å²) in [6.45, 7) is 5.98. The molecule has 1 saturated heterocycles. The van der Waals surface area contributed by atoms with E-state index in [1.165, 1.54) is 51.7 Å². The van der Waals surface area contributed by atoms with Crippen LogP contribution in [-0.4, -0.2) is 36.6 Å². The standard InChI is InChI=1S/C13H24N2/c1-2-15-10-6-9-13(15)11-14-12-7-4-3-5-8-12/h4,7,12-14H,2-3,5-6,8-11H2,1H3. The monoisotopic (exact) mass is 208 g/mol. The molecule has 2 heteroatoms. The van der Waals surface area contributed by atoms with Crippen LogP contribution < -0.4 is 5.32 Å². The topological polar surface area (TPSA) is 15.3 Å². The van der Waals surface area contributed by atoms with Gasteiger partial charge in [0.05, 0.1) is 0 Å². The molecular weight excluding hydrogens is 184 g/mol. The quantitative estimate of drug-likeness (QED) is 0.712. The van der Waals surface area contributed by atoms with E-state index >= 15 is 0 Å². The summed E-state index contributed by atoms with van der Waals surface area (Å²) < 4.78 is 0. The van der Waals surface area contributed by atoms with Crippen LogP contribution in [0.1, 0.15) is 39.0 Å². The van der Waals surface area contributed by atoms with Gasteiger partial charge in [-0.1, -0.05) is 19.1 Å². The lowest BCUT2D eigenvalue weighted by atomic mass is 10.0. The SMILES string of the molecule is CCN1CCCC1CNC1C=CCCC1. The number of allylic oxidation sites excluding steroid dienone is 1. The minimum atomic E-state index is 0.651. The molecular formula is C13H24N2. The highest BCUT2D eigenvalue weighted by Gasteiger charge is 2.23. The lowest BCUT2D eigenvalue weighted by molar-refractivity contribution is 0.255. The molecule has 1 fully saturated rings. The summed E-state index contributed by atoms with van der Waals surface area (Å²) in [5.41, 5.74) is 0. The van der Waals surface area contributed by atoms with Crippen molar-refractivity contribution in [2.45, 2.75) is 51.1 Å². The molecule has 1 N–H and O–H groups in total. The van der Waals surface area contributed by atoms with Gasteiger partial charge in [0.2, 0.25) is 0 Å². The van der Waals surface area contributed by atoms with Gasteiger partial charge in [-0.3, -0.25) is 4.90 Å². The molecule has 15 heavy (non-hydrogen) atoms. The van der Waals surface area contributed by atoms with Crippen LogP contribution in [-0.2, 0) is 0 Å². The Bertz CT molecular complexity index is 213. The van der Waals surface area contributed by atoms with Gasteiger partial charge in [-0.2, -0.15) is 0 Å². The molecule has 2 rings (SSSR count). The van der Waals surface area contributed by atoms with Gasteiger partial charge >= 0.3 is 0 Å². The number of nitrogens with zero attached hydrogens (tertiary/aromatic N) is 1. The van der Waals surface area contributed by atoms with Crippen LogP contribution in [0.4, 0.5) is 0 Å². The van der Waals surface area contributed by atoms with Crippen molar-refractivity contribution in [2.24, 2.45) is 0 Å². The van der Waals surface area contributed by atoms with Gasteiger partial charge < -0.3 is 5.32 Å². The van der Waals surface area contributed by atoms with Gasteiger partial charge in [0.25, 0.3) is 0 Å². The molecule has 86 valence electrons. The number of hydrogen-bond acceptors (Lipinski definition) is 2. The number of rotatable bonds is 4. The van der Waals surface area contributed by atoms with Crippen LogP contribution in [0.2, 0.25) is 0 Å². The molecule has 0 radical (unpaired) electrons. The first-order valence-electron chi connectivity index (χ1n) is 6.54. The highest BCUT2D eigenvalue weighted by Crippen LogP contribution is 2.17. The molecule has 0 aromatic heterocycles.